The van der Waals surface area contributed by atoms with Gasteiger partial charge in [0.15, 0.2) is 11.6 Å². The molecule has 0 bridgehead atoms. The molecule has 20 heavy (non-hydrogen) atoms. The Hall–Kier alpha value is -2.37. The van der Waals surface area contributed by atoms with E-state index in [0.717, 1.165) is 6.08 Å². The van der Waals surface area contributed by atoms with Crippen LogP contribution in [0.4, 0.5) is 4.39 Å². The first-order chi connectivity index (χ1) is 9.54. The highest BCUT2D eigenvalue weighted by Gasteiger charge is 2.09. The average Bonchev–Trinajstić information content (AvgIpc) is 2.39. The van der Waals surface area contributed by atoms with E-state index in [1.807, 2.05) is 0 Å². The van der Waals surface area contributed by atoms with Crippen LogP contribution in [0.25, 0.3) is 6.08 Å². The molecule has 0 aliphatic carbocycles. The lowest BCUT2D eigenvalue weighted by Gasteiger charge is -2.10. The Kier molecular flexibility index (Phi) is 6.22. The van der Waals surface area contributed by atoms with E-state index in [4.69, 9.17) is 9.84 Å². The maximum absolute atomic E-state index is 13.6. The minimum atomic E-state index is -1.14. The lowest BCUT2D eigenvalue weighted by atomic mass is 10.2. The van der Waals surface area contributed by atoms with Crippen molar-refractivity contribution in [3.63, 3.8) is 0 Å². The molecule has 0 saturated heterocycles. The van der Waals surface area contributed by atoms with Gasteiger partial charge in [0.2, 0.25) is 5.91 Å². The Morgan fingerprint density at radius 3 is 2.85 bits per heavy atom. The third-order valence-corrected chi connectivity index (χ3v) is 2.35. The lowest BCUT2D eigenvalue weighted by molar-refractivity contribution is -0.131. The largest absolute Gasteiger partial charge is 0.489 e. The summed E-state index contributed by atoms with van der Waals surface area (Å²) in [6.45, 7) is 2.33. The zero-order chi connectivity index (χ0) is 15.0. The van der Waals surface area contributed by atoms with Gasteiger partial charge in [0.1, 0.15) is 0 Å². The lowest BCUT2D eigenvalue weighted by Crippen LogP contribution is -2.24. The molecule has 1 aromatic carbocycles. The number of carbonyl (C=O) groups excluding carboxylic acids is 1. The number of nitrogens with one attached hydrogen (secondary N) is 1. The van der Waals surface area contributed by atoms with E-state index in [0.29, 0.717) is 12.1 Å². The first-order valence-electron chi connectivity index (χ1n) is 6.13. The molecule has 108 valence electrons. The minimum Gasteiger partial charge on any atom is -0.489 e. The predicted octanol–water partition coefficient (Wildman–Crippen LogP) is 1.83. The van der Waals surface area contributed by atoms with Gasteiger partial charge in [-0.05, 0) is 19.1 Å². The topological polar surface area (TPSA) is 75.6 Å². The Morgan fingerprint density at radius 2 is 2.20 bits per heavy atom. The fourth-order valence-electron chi connectivity index (χ4n) is 1.50. The van der Waals surface area contributed by atoms with Crippen molar-refractivity contribution in [2.45, 2.75) is 13.3 Å². The molecule has 0 spiro atoms. The van der Waals surface area contributed by atoms with Crippen molar-refractivity contribution >= 4 is 18.0 Å². The molecule has 6 heteroatoms. The fourth-order valence-corrected chi connectivity index (χ4v) is 1.50. The molecule has 0 aliphatic heterocycles. The number of hydrogen-bond donors (Lipinski definition) is 2. The number of benzene rings is 1. The highest BCUT2D eigenvalue weighted by atomic mass is 19.1. The van der Waals surface area contributed by atoms with E-state index in [9.17, 15) is 14.0 Å². The molecule has 0 aliphatic rings. The monoisotopic (exact) mass is 281 g/mol. The molecule has 2 N–H and O–H groups in total. The summed E-state index contributed by atoms with van der Waals surface area (Å²) in [6.07, 6.45) is 2.24. The van der Waals surface area contributed by atoms with Crippen LogP contribution >= 0.6 is 0 Å². The minimum absolute atomic E-state index is 0.0146. The van der Waals surface area contributed by atoms with Crippen LogP contribution in [0.5, 0.6) is 5.75 Å². The van der Waals surface area contributed by atoms with Crippen LogP contribution in [-0.2, 0) is 9.59 Å². The second-order valence-corrected chi connectivity index (χ2v) is 3.88. The molecule has 0 fully saturated rings. The van der Waals surface area contributed by atoms with Crippen molar-refractivity contribution in [2.75, 3.05) is 13.2 Å². The van der Waals surface area contributed by atoms with Gasteiger partial charge in [0, 0.05) is 18.2 Å². The van der Waals surface area contributed by atoms with Gasteiger partial charge >= 0.3 is 5.97 Å². The summed E-state index contributed by atoms with van der Waals surface area (Å²) in [5.41, 5.74) is 0.309. The Bertz CT molecular complexity index is 514. The summed E-state index contributed by atoms with van der Waals surface area (Å²) >= 11 is 0. The van der Waals surface area contributed by atoms with E-state index in [1.54, 1.807) is 6.92 Å². The van der Waals surface area contributed by atoms with Gasteiger partial charge in [0.05, 0.1) is 13.0 Å². The smallest absolute Gasteiger partial charge is 0.328 e. The molecule has 1 rings (SSSR count). The average molecular weight is 281 g/mol. The van der Waals surface area contributed by atoms with Crippen LogP contribution in [0.15, 0.2) is 24.3 Å². The van der Waals surface area contributed by atoms with Crippen LogP contribution in [0.2, 0.25) is 0 Å². The number of halogens is 1. The van der Waals surface area contributed by atoms with Crippen molar-refractivity contribution in [3.8, 4) is 5.75 Å². The van der Waals surface area contributed by atoms with Crippen molar-refractivity contribution in [1.82, 2.24) is 5.32 Å². The maximum atomic E-state index is 13.6. The zero-order valence-electron chi connectivity index (χ0n) is 11.1. The Labute approximate surface area is 116 Å². The Morgan fingerprint density at radius 1 is 1.45 bits per heavy atom. The summed E-state index contributed by atoms with van der Waals surface area (Å²) in [4.78, 5) is 21.7. The van der Waals surface area contributed by atoms with E-state index in [2.05, 4.69) is 5.32 Å². The molecule has 5 nitrogen and oxygen atoms in total. The number of rotatable bonds is 7. The van der Waals surface area contributed by atoms with Crippen LogP contribution < -0.4 is 10.1 Å². The number of aliphatic carboxylic acids is 1. The van der Waals surface area contributed by atoms with Crippen LogP contribution in [-0.4, -0.2) is 30.1 Å². The quantitative estimate of drug-likeness (QED) is 0.748. The fraction of sp³-hybridized carbons (Fsp3) is 0.286. The number of carbonyl (C=O) groups is 2. The van der Waals surface area contributed by atoms with Crippen molar-refractivity contribution in [2.24, 2.45) is 0 Å². The third-order valence-electron chi connectivity index (χ3n) is 2.35. The maximum Gasteiger partial charge on any atom is 0.328 e. The molecule has 1 aromatic rings. The van der Waals surface area contributed by atoms with Gasteiger partial charge in [-0.15, -0.1) is 0 Å². The first-order valence-corrected chi connectivity index (χ1v) is 6.13. The van der Waals surface area contributed by atoms with Gasteiger partial charge in [-0.3, -0.25) is 4.79 Å². The predicted molar refractivity (Wildman–Crippen MR) is 71.9 cm³/mol. The van der Waals surface area contributed by atoms with Gasteiger partial charge in [-0.25, -0.2) is 9.18 Å². The molecule has 0 unspecified atom stereocenters. The molecule has 0 aromatic heterocycles. The number of hydrogen-bond acceptors (Lipinski definition) is 3. The number of para-hydroxylation sites is 1. The molecular weight excluding hydrogens is 265 g/mol. The van der Waals surface area contributed by atoms with Gasteiger partial charge in [0.25, 0.3) is 0 Å². The van der Waals surface area contributed by atoms with Crippen LogP contribution in [0, 0.1) is 5.82 Å². The molecule has 0 atom stereocenters. The highest BCUT2D eigenvalue weighted by molar-refractivity contribution is 5.85. The van der Waals surface area contributed by atoms with Gasteiger partial charge in [-0.1, -0.05) is 12.1 Å². The second-order valence-electron chi connectivity index (χ2n) is 3.88. The van der Waals surface area contributed by atoms with E-state index in [1.165, 1.54) is 24.3 Å². The third kappa shape index (κ3) is 5.09. The number of amides is 1. The summed E-state index contributed by atoms with van der Waals surface area (Å²) in [7, 11) is 0. The van der Waals surface area contributed by atoms with Crippen molar-refractivity contribution in [3.05, 3.63) is 35.7 Å². The van der Waals surface area contributed by atoms with E-state index >= 15 is 0 Å². The first kappa shape index (κ1) is 15.7. The molecule has 0 heterocycles. The normalized spacial score (nSPS) is 10.5. The SMILES string of the molecule is CCNC(=O)CCOc1c(F)cccc1/C=C/C(=O)O. The summed E-state index contributed by atoms with van der Waals surface area (Å²) in [5.74, 6) is -1.99. The summed E-state index contributed by atoms with van der Waals surface area (Å²) in [5, 5.41) is 11.2. The summed E-state index contributed by atoms with van der Waals surface area (Å²) in [6, 6.07) is 4.19. The van der Waals surface area contributed by atoms with Crippen molar-refractivity contribution in [1.29, 1.82) is 0 Å². The number of carboxylic acids is 1. The number of carboxylic acid groups (broad SMARTS) is 1. The summed E-state index contributed by atoms with van der Waals surface area (Å²) < 4.78 is 18.9. The van der Waals surface area contributed by atoms with Crippen LogP contribution in [0.3, 0.4) is 0 Å². The van der Waals surface area contributed by atoms with E-state index < -0.39 is 11.8 Å². The van der Waals surface area contributed by atoms with Gasteiger partial charge < -0.3 is 15.2 Å². The molecule has 0 radical (unpaired) electrons. The Balaban J connectivity index is 2.73. The highest BCUT2D eigenvalue weighted by Crippen LogP contribution is 2.24. The standard InChI is InChI=1S/C14H16FNO4/c1-2-16-12(17)8-9-20-14-10(6-7-13(18)19)4-3-5-11(14)15/h3-7H,2,8-9H2,1H3,(H,16,17)(H,18,19)/b7-6+. The van der Waals surface area contributed by atoms with Crippen LogP contribution in [0.1, 0.15) is 18.9 Å². The molecular formula is C14H16FNO4. The zero-order valence-corrected chi connectivity index (χ0v) is 11.1. The second kappa shape index (κ2) is 7.93. The van der Waals surface area contributed by atoms with Crippen molar-refractivity contribution < 1.29 is 23.8 Å². The van der Waals surface area contributed by atoms with Gasteiger partial charge in [-0.2, -0.15) is 0 Å². The number of ether oxygens (including phenoxy) is 1. The molecule has 0 saturated carbocycles. The molecule has 1 amide bonds. The van der Waals surface area contributed by atoms with E-state index in [-0.39, 0.29) is 24.7 Å².